The topological polar surface area (TPSA) is 46.5 Å². The molecule has 3 nitrogen and oxygen atoms in total. The molecule has 0 amide bonds. The van der Waals surface area contributed by atoms with E-state index in [0.29, 0.717) is 10.0 Å². The Morgan fingerprint density at radius 1 is 1.62 bits per heavy atom. The van der Waals surface area contributed by atoms with Gasteiger partial charge in [-0.1, -0.05) is 6.92 Å². The molecule has 0 fully saturated rings. The first-order chi connectivity index (χ1) is 7.45. The molecule has 1 unspecified atom stereocenters. The molecular weight excluding hydrogens is 279 g/mol. The van der Waals surface area contributed by atoms with Crippen LogP contribution in [0, 0.1) is 11.7 Å². The molecule has 5 heteroatoms. The summed E-state index contributed by atoms with van der Waals surface area (Å²) in [4.78, 5) is 10.7. The van der Waals surface area contributed by atoms with Gasteiger partial charge in [0, 0.05) is 0 Å². The molecule has 0 spiro atoms. The SMILES string of the molecule is COc1c(F)cc(CC(C)C(=O)O)cc1Br. The summed E-state index contributed by atoms with van der Waals surface area (Å²) in [5.41, 5.74) is 0.625. The Bertz CT molecular complexity index is 383. The zero-order valence-electron chi connectivity index (χ0n) is 8.96. The van der Waals surface area contributed by atoms with Crippen molar-refractivity contribution in [2.24, 2.45) is 5.92 Å². The first-order valence-corrected chi connectivity index (χ1v) is 5.49. The number of methoxy groups -OCH3 is 1. The lowest BCUT2D eigenvalue weighted by Gasteiger charge is -2.10. The molecule has 1 aromatic carbocycles. The van der Waals surface area contributed by atoms with Gasteiger partial charge in [0.2, 0.25) is 0 Å². The van der Waals surface area contributed by atoms with E-state index in [2.05, 4.69) is 15.9 Å². The first kappa shape index (κ1) is 13.0. The average Bonchev–Trinajstić information content (AvgIpc) is 2.16. The molecule has 0 bridgehead atoms. The molecule has 0 radical (unpaired) electrons. The Kier molecular flexibility index (Phi) is 4.29. The molecule has 16 heavy (non-hydrogen) atoms. The van der Waals surface area contributed by atoms with Crippen LogP contribution >= 0.6 is 15.9 Å². The monoisotopic (exact) mass is 290 g/mol. The lowest BCUT2D eigenvalue weighted by Crippen LogP contribution is -2.12. The molecule has 1 atom stereocenters. The third-order valence-electron chi connectivity index (χ3n) is 2.23. The molecule has 0 saturated heterocycles. The van der Waals surface area contributed by atoms with Gasteiger partial charge in [0.05, 0.1) is 17.5 Å². The quantitative estimate of drug-likeness (QED) is 0.927. The minimum Gasteiger partial charge on any atom is -0.492 e. The van der Waals surface area contributed by atoms with Crippen LogP contribution in [0.5, 0.6) is 5.75 Å². The normalized spacial score (nSPS) is 12.2. The van der Waals surface area contributed by atoms with Crippen molar-refractivity contribution in [2.45, 2.75) is 13.3 Å². The summed E-state index contributed by atoms with van der Waals surface area (Å²) in [6.07, 6.45) is 0.287. The Morgan fingerprint density at radius 2 is 2.25 bits per heavy atom. The number of carboxylic acid groups (broad SMARTS) is 1. The van der Waals surface area contributed by atoms with Gasteiger partial charge < -0.3 is 9.84 Å². The van der Waals surface area contributed by atoms with Gasteiger partial charge in [-0.05, 0) is 40.0 Å². The minimum atomic E-state index is -0.896. The predicted octanol–water partition coefficient (Wildman–Crippen LogP) is 2.86. The van der Waals surface area contributed by atoms with E-state index in [-0.39, 0.29) is 12.2 Å². The summed E-state index contributed by atoms with van der Waals surface area (Å²) in [5.74, 6) is -1.80. The van der Waals surface area contributed by atoms with Crippen molar-refractivity contribution in [3.8, 4) is 5.75 Å². The van der Waals surface area contributed by atoms with E-state index in [4.69, 9.17) is 9.84 Å². The van der Waals surface area contributed by atoms with Gasteiger partial charge in [-0.25, -0.2) is 4.39 Å². The average molecular weight is 291 g/mol. The van der Waals surface area contributed by atoms with Crippen LogP contribution in [0.4, 0.5) is 4.39 Å². The zero-order chi connectivity index (χ0) is 12.3. The van der Waals surface area contributed by atoms with Crippen LogP contribution in [0.2, 0.25) is 0 Å². The molecule has 88 valence electrons. The molecule has 1 aromatic rings. The van der Waals surface area contributed by atoms with E-state index in [9.17, 15) is 9.18 Å². The van der Waals surface area contributed by atoms with Crippen molar-refractivity contribution in [1.29, 1.82) is 0 Å². The number of rotatable bonds is 4. The maximum absolute atomic E-state index is 13.5. The predicted molar refractivity (Wildman–Crippen MR) is 61.2 cm³/mol. The number of ether oxygens (including phenoxy) is 1. The fourth-order valence-corrected chi connectivity index (χ4v) is 2.01. The van der Waals surface area contributed by atoms with E-state index in [1.165, 1.54) is 13.2 Å². The van der Waals surface area contributed by atoms with Crippen LogP contribution < -0.4 is 4.74 Å². The van der Waals surface area contributed by atoms with Crippen LogP contribution in [0.15, 0.2) is 16.6 Å². The molecular formula is C11H12BrFO3. The fourth-order valence-electron chi connectivity index (χ4n) is 1.37. The summed E-state index contributed by atoms with van der Waals surface area (Å²) in [5, 5.41) is 8.75. The van der Waals surface area contributed by atoms with Gasteiger partial charge in [-0.3, -0.25) is 4.79 Å². The van der Waals surface area contributed by atoms with Crippen LogP contribution in [0.25, 0.3) is 0 Å². The van der Waals surface area contributed by atoms with Gasteiger partial charge in [-0.15, -0.1) is 0 Å². The van der Waals surface area contributed by atoms with E-state index < -0.39 is 17.7 Å². The third-order valence-corrected chi connectivity index (χ3v) is 2.81. The summed E-state index contributed by atoms with van der Waals surface area (Å²) < 4.78 is 18.8. The Balaban J connectivity index is 2.96. The molecule has 0 aliphatic heterocycles. The lowest BCUT2D eigenvalue weighted by atomic mass is 10.0. The summed E-state index contributed by atoms with van der Waals surface area (Å²) in [6, 6.07) is 2.96. The highest BCUT2D eigenvalue weighted by molar-refractivity contribution is 9.10. The number of carbonyl (C=O) groups is 1. The summed E-state index contributed by atoms with van der Waals surface area (Å²) in [6.45, 7) is 1.58. The van der Waals surface area contributed by atoms with Crippen LogP contribution in [0.1, 0.15) is 12.5 Å². The second-order valence-electron chi connectivity index (χ2n) is 3.54. The molecule has 1 N–H and O–H groups in total. The van der Waals surface area contributed by atoms with Crippen molar-refractivity contribution in [3.05, 3.63) is 28.0 Å². The van der Waals surface area contributed by atoms with Gasteiger partial charge in [0.15, 0.2) is 11.6 Å². The number of hydrogen-bond acceptors (Lipinski definition) is 2. The second-order valence-corrected chi connectivity index (χ2v) is 4.39. The largest absolute Gasteiger partial charge is 0.492 e. The highest BCUT2D eigenvalue weighted by Crippen LogP contribution is 2.30. The number of aliphatic carboxylic acids is 1. The smallest absolute Gasteiger partial charge is 0.306 e. The fraction of sp³-hybridized carbons (Fsp3) is 0.364. The van der Waals surface area contributed by atoms with Crippen LogP contribution in [-0.2, 0) is 11.2 Å². The van der Waals surface area contributed by atoms with E-state index in [1.807, 2.05) is 0 Å². The summed E-state index contributed by atoms with van der Waals surface area (Å²) in [7, 11) is 1.38. The highest BCUT2D eigenvalue weighted by atomic mass is 79.9. The van der Waals surface area contributed by atoms with Crippen molar-refractivity contribution in [3.63, 3.8) is 0 Å². The molecule has 1 rings (SSSR count). The van der Waals surface area contributed by atoms with Crippen molar-refractivity contribution in [2.75, 3.05) is 7.11 Å². The zero-order valence-corrected chi connectivity index (χ0v) is 10.5. The molecule has 0 aromatic heterocycles. The Morgan fingerprint density at radius 3 is 2.69 bits per heavy atom. The standard InChI is InChI=1S/C11H12BrFO3/c1-6(11(14)15)3-7-4-8(12)10(16-2)9(13)5-7/h4-6H,3H2,1-2H3,(H,14,15). The molecule has 0 heterocycles. The maximum atomic E-state index is 13.5. The van der Waals surface area contributed by atoms with Crippen molar-refractivity contribution >= 4 is 21.9 Å². The number of benzene rings is 1. The second kappa shape index (κ2) is 5.30. The van der Waals surface area contributed by atoms with Crippen molar-refractivity contribution < 1.29 is 19.0 Å². The Labute approximate surface area is 101 Å². The van der Waals surface area contributed by atoms with E-state index in [1.54, 1.807) is 13.0 Å². The van der Waals surface area contributed by atoms with Gasteiger partial charge >= 0.3 is 5.97 Å². The first-order valence-electron chi connectivity index (χ1n) is 4.70. The third kappa shape index (κ3) is 2.95. The maximum Gasteiger partial charge on any atom is 0.306 e. The molecule has 0 aliphatic rings. The summed E-state index contributed by atoms with van der Waals surface area (Å²) >= 11 is 3.17. The van der Waals surface area contributed by atoms with Crippen LogP contribution in [-0.4, -0.2) is 18.2 Å². The number of hydrogen-bond donors (Lipinski definition) is 1. The highest BCUT2D eigenvalue weighted by Gasteiger charge is 2.15. The van der Waals surface area contributed by atoms with Gasteiger partial charge in [0.25, 0.3) is 0 Å². The molecule has 0 saturated carbocycles. The Hall–Kier alpha value is -1.10. The van der Waals surface area contributed by atoms with Gasteiger partial charge in [-0.2, -0.15) is 0 Å². The number of halogens is 2. The molecule has 0 aliphatic carbocycles. The van der Waals surface area contributed by atoms with E-state index in [0.717, 1.165) is 0 Å². The minimum absolute atomic E-state index is 0.131. The van der Waals surface area contributed by atoms with Crippen LogP contribution in [0.3, 0.4) is 0 Å². The van der Waals surface area contributed by atoms with Gasteiger partial charge in [0.1, 0.15) is 0 Å². The number of carboxylic acids is 1. The van der Waals surface area contributed by atoms with Crippen molar-refractivity contribution in [1.82, 2.24) is 0 Å². The lowest BCUT2D eigenvalue weighted by molar-refractivity contribution is -0.141. The van der Waals surface area contributed by atoms with E-state index >= 15 is 0 Å².